The van der Waals surface area contributed by atoms with Gasteiger partial charge in [0.1, 0.15) is 6.54 Å². The van der Waals surface area contributed by atoms with E-state index >= 15 is 0 Å². The number of hydrogen-bond donors (Lipinski definition) is 2. The normalized spacial score (nSPS) is 22.5. The van der Waals surface area contributed by atoms with Crippen LogP contribution in [0.4, 0.5) is 4.79 Å². The van der Waals surface area contributed by atoms with E-state index in [0.29, 0.717) is 11.8 Å². The van der Waals surface area contributed by atoms with Gasteiger partial charge in [-0.05, 0) is 31.4 Å². The van der Waals surface area contributed by atoms with E-state index in [1.807, 2.05) is 25.6 Å². The number of thioether (sulfide) groups is 1. The minimum atomic E-state index is -0.968. The molecule has 1 rings (SSSR count). The Morgan fingerprint density at radius 2 is 2.11 bits per heavy atom. The quantitative estimate of drug-likeness (QED) is 0.784. The van der Waals surface area contributed by atoms with Gasteiger partial charge in [0.05, 0.1) is 0 Å². The van der Waals surface area contributed by atoms with Crippen LogP contribution in [-0.2, 0) is 4.79 Å². The number of carboxylic acid groups (broad SMARTS) is 1. The van der Waals surface area contributed by atoms with Crippen molar-refractivity contribution in [3.8, 4) is 0 Å². The van der Waals surface area contributed by atoms with Crippen LogP contribution in [0.5, 0.6) is 0 Å². The summed E-state index contributed by atoms with van der Waals surface area (Å²) >= 11 is 1.83. The highest BCUT2D eigenvalue weighted by molar-refractivity contribution is 7.99. The Hall–Kier alpha value is -0.910. The Kier molecular flexibility index (Phi) is 6.48. The number of rotatable bonds is 6. The van der Waals surface area contributed by atoms with Crippen molar-refractivity contribution in [2.75, 3.05) is 19.3 Å². The smallest absolute Gasteiger partial charge is 0.323 e. The number of carboxylic acids is 1. The van der Waals surface area contributed by atoms with E-state index in [0.717, 1.165) is 19.3 Å². The molecule has 0 radical (unpaired) electrons. The van der Waals surface area contributed by atoms with Crippen molar-refractivity contribution >= 4 is 23.8 Å². The maximum atomic E-state index is 12.1. The summed E-state index contributed by atoms with van der Waals surface area (Å²) in [6.07, 6.45) is 5.18. The van der Waals surface area contributed by atoms with Gasteiger partial charge in [-0.3, -0.25) is 4.79 Å². The van der Waals surface area contributed by atoms with Crippen molar-refractivity contribution in [2.24, 2.45) is 5.92 Å². The molecule has 2 amide bonds. The van der Waals surface area contributed by atoms with E-state index in [4.69, 9.17) is 5.11 Å². The Bertz CT molecular complexity index is 323. The lowest BCUT2D eigenvalue weighted by Gasteiger charge is -2.25. The Morgan fingerprint density at radius 1 is 1.42 bits per heavy atom. The monoisotopic (exact) mass is 288 g/mol. The summed E-state index contributed by atoms with van der Waals surface area (Å²) < 4.78 is 0. The van der Waals surface area contributed by atoms with Crippen LogP contribution in [0.15, 0.2) is 0 Å². The zero-order valence-corrected chi connectivity index (χ0v) is 12.7. The molecule has 2 N–H and O–H groups in total. The summed E-state index contributed by atoms with van der Waals surface area (Å²) in [5.74, 6) is -0.711. The van der Waals surface area contributed by atoms with Crippen molar-refractivity contribution in [3.05, 3.63) is 0 Å². The second-order valence-electron chi connectivity index (χ2n) is 5.49. The van der Waals surface area contributed by atoms with Gasteiger partial charge in [0.15, 0.2) is 0 Å². The topological polar surface area (TPSA) is 69.6 Å². The van der Waals surface area contributed by atoms with Gasteiger partial charge in [0.2, 0.25) is 0 Å². The van der Waals surface area contributed by atoms with E-state index in [-0.39, 0.29) is 24.5 Å². The fourth-order valence-electron chi connectivity index (χ4n) is 2.37. The Labute approximate surface area is 119 Å². The molecule has 110 valence electrons. The number of urea groups is 1. The zero-order valence-electron chi connectivity index (χ0n) is 11.9. The molecule has 0 aromatic heterocycles. The first kappa shape index (κ1) is 16.1. The van der Waals surface area contributed by atoms with E-state index in [1.165, 1.54) is 4.90 Å². The molecule has 5 nitrogen and oxygen atoms in total. The van der Waals surface area contributed by atoms with Gasteiger partial charge >= 0.3 is 12.0 Å². The molecule has 6 heteroatoms. The molecule has 2 unspecified atom stereocenters. The van der Waals surface area contributed by atoms with Gasteiger partial charge in [0.25, 0.3) is 0 Å². The van der Waals surface area contributed by atoms with Crippen molar-refractivity contribution in [2.45, 2.75) is 44.4 Å². The molecule has 0 heterocycles. The lowest BCUT2D eigenvalue weighted by atomic mass is 10.2. The molecule has 1 aliphatic carbocycles. The van der Waals surface area contributed by atoms with Crippen LogP contribution in [0, 0.1) is 5.92 Å². The van der Waals surface area contributed by atoms with Crippen LogP contribution in [0.1, 0.15) is 33.1 Å². The molecule has 1 saturated carbocycles. The van der Waals surface area contributed by atoms with E-state index in [2.05, 4.69) is 11.6 Å². The van der Waals surface area contributed by atoms with Crippen molar-refractivity contribution < 1.29 is 14.7 Å². The van der Waals surface area contributed by atoms with Crippen LogP contribution < -0.4 is 5.32 Å². The van der Waals surface area contributed by atoms with Gasteiger partial charge in [0, 0.05) is 17.8 Å². The van der Waals surface area contributed by atoms with E-state index in [1.54, 1.807) is 0 Å². The molecule has 0 aromatic carbocycles. The largest absolute Gasteiger partial charge is 0.480 e. The second kappa shape index (κ2) is 7.62. The number of hydrogen-bond acceptors (Lipinski definition) is 3. The molecule has 0 saturated heterocycles. The first-order chi connectivity index (χ1) is 8.92. The lowest BCUT2D eigenvalue weighted by Crippen LogP contribution is -2.47. The molecule has 0 aliphatic heterocycles. The molecular weight excluding hydrogens is 264 g/mol. The molecule has 1 aliphatic rings. The highest BCUT2D eigenvalue weighted by atomic mass is 32.2. The van der Waals surface area contributed by atoms with Gasteiger partial charge in [-0.2, -0.15) is 11.8 Å². The number of carbonyl (C=O) groups is 2. The highest BCUT2D eigenvalue weighted by Gasteiger charge is 2.27. The number of aliphatic carboxylic acids is 1. The molecule has 0 aromatic rings. The molecule has 19 heavy (non-hydrogen) atoms. The van der Waals surface area contributed by atoms with E-state index < -0.39 is 5.97 Å². The maximum absolute atomic E-state index is 12.1. The van der Waals surface area contributed by atoms with Gasteiger partial charge < -0.3 is 15.3 Å². The maximum Gasteiger partial charge on any atom is 0.323 e. The minimum Gasteiger partial charge on any atom is -0.480 e. The third kappa shape index (κ3) is 5.72. The molecule has 0 bridgehead atoms. The Balaban J connectivity index is 2.49. The third-order valence-corrected chi connectivity index (χ3v) is 4.34. The fraction of sp³-hybridized carbons (Fsp3) is 0.846. The van der Waals surface area contributed by atoms with Crippen LogP contribution in [0.2, 0.25) is 0 Å². The predicted molar refractivity (Wildman–Crippen MR) is 77.5 cm³/mol. The fourth-order valence-corrected chi connectivity index (χ4v) is 3.17. The number of nitrogens with one attached hydrogen (secondary N) is 1. The molecule has 1 fully saturated rings. The summed E-state index contributed by atoms with van der Waals surface area (Å²) in [6.45, 7) is 4.18. The average molecular weight is 288 g/mol. The number of amides is 2. The summed E-state index contributed by atoms with van der Waals surface area (Å²) in [4.78, 5) is 24.3. The Morgan fingerprint density at radius 3 is 2.58 bits per heavy atom. The van der Waals surface area contributed by atoms with Crippen LogP contribution in [0.3, 0.4) is 0 Å². The predicted octanol–water partition coefficient (Wildman–Crippen LogP) is 2.02. The number of nitrogens with zero attached hydrogens (tertiary/aromatic N) is 1. The first-order valence-corrected chi connectivity index (χ1v) is 8.01. The average Bonchev–Trinajstić information content (AvgIpc) is 2.74. The molecule has 2 atom stereocenters. The molecular formula is C13H24N2O3S. The van der Waals surface area contributed by atoms with Crippen LogP contribution >= 0.6 is 11.8 Å². The standard InChI is InChI=1S/C13H24N2O3S/c1-9(2)7-15(8-12(16)17)13(18)14-10-4-5-11(6-10)19-3/h9-11H,4-8H2,1-3H3,(H,14,18)(H,16,17). The third-order valence-electron chi connectivity index (χ3n) is 3.24. The lowest BCUT2D eigenvalue weighted by molar-refractivity contribution is -0.137. The summed E-state index contributed by atoms with van der Waals surface area (Å²) in [6, 6.07) is -0.0590. The van der Waals surface area contributed by atoms with Crippen molar-refractivity contribution in [1.29, 1.82) is 0 Å². The highest BCUT2D eigenvalue weighted by Crippen LogP contribution is 2.28. The van der Waals surface area contributed by atoms with Gasteiger partial charge in [-0.15, -0.1) is 0 Å². The minimum absolute atomic E-state index is 0.188. The second-order valence-corrected chi connectivity index (χ2v) is 6.62. The van der Waals surface area contributed by atoms with Gasteiger partial charge in [-0.25, -0.2) is 4.79 Å². The SMILES string of the molecule is CSC1CCC(NC(=O)N(CC(=O)O)CC(C)C)C1. The van der Waals surface area contributed by atoms with Crippen LogP contribution in [-0.4, -0.2) is 52.6 Å². The molecule has 0 spiro atoms. The summed E-state index contributed by atoms with van der Waals surface area (Å²) in [7, 11) is 0. The van der Waals surface area contributed by atoms with E-state index in [9.17, 15) is 9.59 Å². The number of carbonyl (C=O) groups excluding carboxylic acids is 1. The van der Waals surface area contributed by atoms with Crippen molar-refractivity contribution in [3.63, 3.8) is 0 Å². The summed E-state index contributed by atoms with van der Waals surface area (Å²) in [5.41, 5.74) is 0. The van der Waals surface area contributed by atoms with Crippen LogP contribution in [0.25, 0.3) is 0 Å². The summed E-state index contributed by atoms with van der Waals surface area (Å²) in [5, 5.41) is 12.4. The van der Waals surface area contributed by atoms with Crippen molar-refractivity contribution in [1.82, 2.24) is 10.2 Å². The first-order valence-electron chi connectivity index (χ1n) is 6.72. The van der Waals surface area contributed by atoms with Gasteiger partial charge in [-0.1, -0.05) is 13.8 Å². The zero-order chi connectivity index (χ0) is 14.4.